The van der Waals surface area contributed by atoms with Crippen molar-refractivity contribution in [3.8, 4) is 0 Å². The Balaban J connectivity index is 2.53. The second kappa shape index (κ2) is 7.85. The largest absolute Gasteiger partial charge is 0.469 e. The molecule has 1 atom stereocenters. The summed E-state index contributed by atoms with van der Waals surface area (Å²) < 4.78 is 9.40. The van der Waals surface area contributed by atoms with Crippen LogP contribution in [0.3, 0.4) is 0 Å². The predicted molar refractivity (Wildman–Crippen MR) is 75.5 cm³/mol. The first kappa shape index (κ1) is 17.3. The molecule has 0 radical (unpaired) electrons. The Hall–Kier alpha value is -1.79. The molecular formula is C14H24N2O5. The van der Waals surface area contributed by atoms with Crippen LogP contribution in [0.1, 0.15) is 26.7 Å². The van der Waals surface area contributed by atoms with Gasteiger partial charge >= 0.3 is 18.0 Å². The highest BCUT2D eigenvalue weighted by Gasteiger charge is 2.31. The number of hydrogen-bond donors (Lipinski definition) is 1. The Kier molecular flexibility index (Phi) is 6.45. The number of carbonyl (C=O) groups is 3. The van der Waals surface area contributed by atoms with E-state index in [4.69, 9.17) is 9.47 Å². The van der Waals surface area contributed by atoms with Gasteiger partial charge in [0.25, 0.3) is 0 Å². The summed E-state index contributed by atoms with van der Waals surface area (Å²) in [6, 6.07) is -0.969. The van der Waals surface area contributed by atoms with Gasteiger partial charge < -0.3 is 19.7 Å². The number of nitrogens with zero attached hydrogens (tertiary/aromatic N) is 1. The predicted octanol–water partition coefficient (Wildman–Crippen LogP) is 0.779. The maximum atomic E-state index is 12.2. The summed E-state index contributed by atoms with van der Waals surface area (Å²) in [7, 11) is 2.66. The number of amides is 2. The third-order valence-corrected chi connectivity index (χ3v) is 3.72. The van der Waals surface area contributed by atoms with E-state index in [9.17, 15) is 14.4 Å². The van der Waals surface area contributed by atoms with Gasteiger partial charge in [0.05, 0.1) is 20.1 Å². The number of hydrogen-bond acceptors (Lipinski definition) is 5. The van der Waals surface area contributed by atoms with Gasteiger partial charge in [0.15, 0.2) is 0 Å². The smallest absolute Gasteiger partial charge is 0.328 e. The Morgan fingerprint density at radius 1 is 1.10 bits per heavy atom. The van der Waals surface area contributed by atoms with Gasteiger partial charge in [-0.15, -0.1) is 0 Å². The Morgan fingerprint density at radius 2 is 1.67 bits per heavy atom. The van der Waals surface area contributed by atoms with Crippen LogP contribution < -0.4 is 5.32 Å². The summed E-state index contributed by atoms with van der Waals surface area (Å²) >= 11 is 0. The minimum absolute atomic E-state index is 0.0611. The second-order valence-electron chi connectivity index (χ2n) is 5.48. The molecule has 120 valence electrons. The first-order valence-corrected chi connectivity index (χ1v) is 7.11. The van der Waals surface area contributed by atoms with Gasteiger partial charge in [-0.1, -0.05) is 13.8 Å². The number of likely N-dealkylation sites (tertiary alicyclic amines) is 1. The average molecular weight is 300 g/mol. The lowest BCUT2D eigenvalue weighted by atomic mass is 9.97. The lowest BCUT2D eigenvalue weighted by Gasteiger charge is -2.32. The number of ether oxygens (including phenoxy) is 2. The zero-order valence-electron chi connectivity index (χ0n) is 13.0. The highest BCUT2D eigenvalue weighted by molar-refractivity contribution is 5.84. The normalized spacial score (nSPS) is 17.3. The zero-order chi connectivity index (χ0) is 16.0. The molecule has 0 spiro atoms. The fraction of sp³-hybridized carbons (Fsp3) is 0.786. The van der Waals surface area contributed by atoms with Crippen LogP contribution in [0.15, 0.2) is 0 Å². The number of carbonyl (C=O) groups excluding carboxylic acids is 3. The first-order valence-electron chi connectivity index (χ1n) is 7.11. The van der Waals surface area contributed by atoms with E-state index in [0.29, 0.717) is 25.9 Å². The van der Waals surface area contributed by atoms with Crippen molar-refractivity contribution in [1.29, 1.82) is 0 Å². The summed E-state index contributed by atoms with van der Waals surface area (Å²) in [6.07, 6.45) is 1.15. The van der Waals surface area contributed by atoms with Gasteiger partial charge in [-0.3, -0.25) is 4.79 Å². The Morgan fingerprint density at radius 3 is 2.10 bits per heavy atom. The summed E-state index contributed by atoms with van der Waals surface area (Å²) in [6.45, 7) is 4.62. The molecule has 21 heavy (non-hydrogen) atoms. The SMILES string of the molecule is COC(=O)C1CCN(C(=O)N[C@H](C(=O)OC)C(C)C)CC1. The van der Waals surface area contributed by atoms with Gasteiger partial charge in [0.1, 0.15) is 6.04 Å². The van der Waals surface area contributed by atoms with Crippen molar-refractivity contribution in [2.24, 2.45) is 11.8 Å². The molecule has 0 saturated carbocycles. The number of methoxy groups -OCH3 is 2. The lowest BCUT2D eigenvalue weighted by molar-refractivity contribution is -0.146. The number of piperidine rings is 1. The van der Waals surface area contributed by atoms with E-state index >= 15 is 0 Å². The van der Waals surface area contributed by atoms with Crippen molar-refractivity contribution in [3.63, 3.8) is 0 Å². The van der Waals surface area contributed by atoms with Crippen LogP contribution in [0.5, 0.6) is 0 Å². The van der Waals surface area contributed by atoms with E-state index in [0.717, 1.165) is 0 Å². The molecule has 7 heteroatoms. The standard InChI is InChI=1S/C14H24N2O5/c1-9(2)11(13(18)21-4)15-14(19)16-7-5-10(6-8-16)12(17)20-3/h9-11H,5-8H2,1-4H3,(H,15,19)/t11-/m0/s1. The topological polar surface area (TPSA) is 84.9 Å². The molecule has 1 saturated heterocycles. The Bertz CT molecular complexity index is 389. The summed E-state index contributed by atoms with van der Waals surface area (Å²) in [5.74, 6) is -0.901. The van der Waals surface area contributed by atoms with Crippen LogP contribution in [-0.4, -0.2) is 56.2 Å². The van der Waals surface area contributed by atoms with Gasteiger partial charge in [-0.2, -0.15) is 0 Å². The van der Waals surface area contributed by atoms with Crippen LogP contribution in [0, 0.1) is 11.8 Å². The fourth-order valence-electron chi connectivity index (χ4n) is 2.33. The minimum atomic E-state index is -0.666. The summed E-state index contributed by atoms with van der Waals surface area (Å²) in [4.78, 5) is 36.9. The van der Waals surface area contributed by atoms with Crippen LogP contribution >= 0.6 is 0 Å². The molecule has 0 aromatic carbocycles. The minimum Gasteiger partial charge on any atom is -0.469 e. The molecule has 2 amide bonds. The molecule has 1 rings (SSSR count). The average Bonchev–Trinajstić information content (AvgIpc) is 2.50. The van der Waals surface area contributed by atoms with Gasteiger partial charge in [0, 0.05) is 13.1 Å². The number of rotatable bonds is 4. The van der Waals surface area contributed by atoms with E-state index in [2.05, 4.69) is 5.32 Å². The van der Waals surface area contributed by atoms with E-state index < -0.39 is 12.0 Å². The van der Waals surface area contributed by atoms with E-state index in [1.165, 1.54) is 14.2 Å². The number of urea groups is 1. The van der Waals surface area contributed by atoms with Crippen molar-refractivity contribution in [2.45, 2.75) is 32.7 Å². The molecule has 1 N–H and O–H groups in total. The van der Waals surface area contributed by atoms with Crippen molar-refractivity contribution >= 4 is 18.0 Å². The van der Waals surface area contributed by atoms with Gasteiger partial charge in [-0.25, -0.2) is 9.59 Å². The number of nitrogens with one attached hydrogen (secondary N) is 1. The monoisotopic (exact) mass is 300 g/mol. The van der Waals surface area contributed by atoms with Gasteiger partial charge in [0.2, 0.25) is 0 Å². The highest BCUT2D eigenvalue weighted by Crippen LogP contribution is 2.18. The molecule has 0 aromatic heterocycles. The quantitative estimate of drug-likeness (QED) is 0.775. The maximum absolute atomic E-state index is 12.2. The molecule has 1 aliphatic rings. The van der Waals surface area contributed by atoms with E-state index in [-0.39, 0.29) is 23.8 Å². The second-order valence-corrected chi connectivity index (χ2v) is 5.48. The first-order chi connectivity index (χ1) is 9.90. The van der Waals surface area contributed by atoms with Crippen LogP contribution in [0.2, 0.25) is 0 Å². The van der Waals surface area contributed by atoms with Gasteiger partial charge in [-0.05, 0) is 18.8 Å². The fourth-order valence-corrected chi connectivity index (χ4v) is 2.33. The van der Waals surface area contributed by atoms with E-state index in [1.807, 2.05) is 13.8 Å². The third kappa shape index (κ3) is 4.61. The molecule has 7 nitrogen and oxygen atoms in total. The molecule has 1 fully saturated rings. The highest BCUT2D eigenvalue weighted by atomic mass is 16.5. The molecular weight excluding hydrogens is 276 g/mol. The summed E-state index contributed by atoms with van der Waals surface area (Å²) in [5.41, 5.74) is 0. The van der Waals surface area contributed by atoms with E-state index in [1.54, 1.807) is 4.90 Å². The molecule has 0 aromatic rings. The molecule has 1 aliphatic heterocycles. The molecule has 0 bridgehead atoms. The molecule has 1 heterocycles. The molecule has 0 unspecified atom stereocenters. The lowest BCUT2D eigenvalue weighted by Crippen LogP contribution is -2.52. The maximum Gasteiger partial charge on any atom is 0.328 e. The van der Waals surface area contributed by atoms with Crippen LogP contribution in [0.25, 0.3) is 0 Å². The zero-order valence-corrected chi connectivity index (χ0v) is 13.0. The van der Waals surface area contributed by atoms with Crippen molar-refractivity contribution in [2.75, 3.05) is 27.3 Å². The summed E-state index contributed by atoms with van der Waals surface area (Å²) in [5, 5.41) is 2.69. The van der Waals surface area contributed by atoms with Crippen LogP contribution in [-0.2, 0) is 19.1 Å². The third-order valence-electron chi connectivity index (χ3n) is 3.72. The number of esters is 2. The van der Waals surface area contributed by atoms with Crippen molar-refractivity contribution in [3.05, 3.63) is 0 Å². The van der Waals surface area contributed by atoms with Crippen molar-refractivity contribution in [1.82, 2.24) is 10.2 Å². The van der Waals surface area contributed by atoms with Crippen molar-refractivity contribution < 1.29 is 23.9 Å². The molecule has 0 aliphatic carbocycles. The Labute approximate surface area is 124 Å². The van der Waals surface area contributed by atoms with Crippen LogP contribution in [0.4, 0.5) is 4.79 Å².